The highest BCUT2D eigenvalue weighted by Crippen LogP contribution is 2.45. The van der Waals surface area contributed by atoms with E-state index >= 15 is 0 Å². The number of hydrogen-bond acceptors (Lipinski definition) is 12. The maximum Gasteiger partial charge on any atom is 0.328 e. The van der Waals surface area contributed by atoms with Gasteiger partial charge in [0.05, 0.1) is 37.6 Å². The molecule has 0 radical (unpaired) electrons. The number of methoxy groups -OCH3 is 1. The lowest BCUT2D eigenvalue weighted by Gasteiger charge is -2.43. The van der Waals surface area contributed by atoms with Crippen LogP contribution in [0.3, 0.4) is 0 Å². The number of esters is 2. The standard InChI is InChI=1S/C24H36O5.C20H28N6O3/c1-5-15(3)24(27)29-21-11-14(2)10-17-7-6-16(4)20(23(17)21)9-8-19-12-18(25)13-22(26)28-19;1-22-18-17(19(27)23(2)20(22)28)26(14-21-18)13-10-24-8-11-25(12-9-24)15-6-4-5-7-16(15)29-3/h6-7,10,14-16,18-21,23,25H,5,8-9,11-13H2,1-4H3;4-7,14,17-18H,8-13H2,1-3H3/t14-,15-,16-,18+,19+,20-,21-,23-;/m0./s1. The minimum absolute atomic E-state index is 0.0854. The smallest absolute Gasteiger partial charge is 0.328 e. The van der Waals surface area contributed by atoms with Crippen LogP contribution in [0.4, 0.5) is 10.5 Å². The number of allylic oxidation sites excluding steroid dienone is 3. The third-order valence-electron chi connectivity index (χ3n) is 13.0. The van der Waals surface area contributed by atoms with Crippen molar-refractivity contribution in [3.63, 3.8) is 0 Å². The summed E-state index contributed by atoms with van der Waals surface area (Å²) in [4.78, 5) is 62.8. The third-order valence-corrected chi connectivity index (χ3v) is 13.0. The quantitative estimate of drug-likeness (QED) is 0.314. The Bertz CT molecular complexity index is 1730. The summed E-state index contributed by atoms with van der Waals surface area (Å²) in [6.45, 7) is 13.6. The molecule has 0 aromatic heterocycles. The van der Waals surface area contributed by atoms with Crippen LogP contribution in [0.1, 0.15) is 66.2 Å². The van der Waals surface area contributed by atoms with Gasteiger partial charge in [0.25, 0.3) is 5.91 Å². The molecule has 3 amide bonds. The van der Waals surface area contributed by atoms with Crippen molar-refractivity contribution in [2.45, 2.75) is 96.7 Å². The van der Waals surface area contributed by atoms with E-state index < -0.39 is 18.3 Å². The Hall–Kier alpha value is -4.43. The number of carbonyl (C=O) groups is 4. The highest BCUT2D eigenvalue weighted by atomic mass is 16.6. The summed E-state index contributed by atoms with van der Waals surface area (Å²) < 4.78 is 17.0. The number of aliphatic hydroxyl groups excluding tert-OH is 1. The lowest BCUT2D eigenvalue weighted by Crippen LogP contribution is -2.64. The van der Waals surface area contributed by atoms with Gasteiger partial charge in [-0.15, -0.1) is 0 Å². The van der Waals surface area contributed by atoms with Crippen molar-refractivity contribution in [3.8, 4) is 5.75 Å². The number of aliphatic imine (C=N–C) groups is 1. The highest BCUT2D eigenvalue weighted by molar-refractivity contribution is 6.01. The summed E-state index contributed by atoms with van der Waals surface area (Å²) in [6.07, 6.45) is 11.0. The number of carbonyl (C=O) groups excluding carboxylic acids is 4. The molecule has 1 aromatic carbocycles. The molecule has 6 aliphatic rings. The molecule has 0 saturated carbocycles. The second-order valence-electron chi connectivity index (χ2n) is 17.0. The van der Waals surface area contributed by atoms with Crippen LogP contribution < -0.4 is 9.64 Å². The molecule has 0 bridgehead atoms. The lowest BCUT2D eigenvalue weighted by molar-refractivity contribution is -0.162. The van der Waals surface area contributed by atoms with Crippen LogP contribution in [0, 0.1) is 29.6 Å². The van der Waals surface area contributed by atoms with Gasteiger partial charge in [-0.1, -0.05) is 58.1 Å². The molecule has 58 heavy (non-hydrogen) atoms. The fourth-order valence-corrected chi connectivity index (χ4v) is 9.33. The van der Waals surface area contributed by atoms with E-state index in [0.717, 1.165) is 69.8 Å². The van der Waals surface area contributed by atoms with Gasteiger partial charge in [0, 0.05) is 65.7 Å². The topological polar surface area (TPSA) is 145 Å². The van der Waals surface area contributed by atoms with Crippen molar-refractivity contribution in [2.75, 3.05) is 65.4 Å². The largest absolute Gasteiger partial charge is 0.495 e. The Labute approximate surface area is 343 Å². The van der Waals surface area contributed by atoms with Crippen molar-refractivity contribution >= 4 is 35.9 Å². The molecule has 1 aromatic rings. The second kappa shape index (κ2) is 19.1. The Morgan fingerprint density at radius 3 is 2.48 bits per heavy atom. The molecule has 2 aliphatic carbocycles. The zero-order chi connectivity index (χ0) is 41.7. The first kappa shape index (κ1) is 43.2. The molecular weight excluding hydrogens is 741 g/mol. The van der Waals surface area contributed by atoms with E-state index in [0.29, 0.717) is 30.7 Å². The van der Waals surface area contributed by atoms with Crippen molar-refractivity contribution in [3.05, 3.63) is 48.1 Å². The third kappa shape index (κ3) is 9.71. The van der Waals surface area contributed by atoms with Gasteiger partial charge in [0.1, 0.15) is 18.0 Å². The van der Waals surface area contributed by atoms with E-state index in [-0.39, 0.29) is 54.3 Å². The number of piperazine rings is 1. The van der Waals surface area contributed by atoms with Crippen LogP contribution in [0.15, 0.2) is 53.1 Å². The molecule has 3 fully saturated rings. The molecule has 3 saturated heterocycles. The van der Waals surface area contributed by atoms with Gasteiger partial charge in [0.15, 0.2) is 12.2 Å². The second-order valence-corrected chi connectivity index (χ2v) is 17.0. The average molecular weight is 805 g/mol. The number of hydrogen-bond donors (Lipinski definition) is 1. The Kier molecular flexibility index (Phi) is 14.2. The Morgan fingerprint density at radius 2 is 1.78 bits per heavy atom. The summed E-state index contributed by atoms with van der Waals surface area (Å²) in [6, 6.07) is 7.38. The number of ether oxygens (including phenoxy) is 3. The van der Waals surface area contributed by atoms with Crippen LogP contribution in [-0.2, 0) is 23.9 Å². The number of urea groups is 1. The van der Waals surface area contributed by atoms with E-state index in [1.165, 1.54) is 22.4 Å². The molecule has 4 heterocycles. The summed E-state index contributed by atoms with van der Waals surface area (Å²) >= 11 is 0. The van der Waals surface area contributed by atoms with Crippen LogP contribution in [0.5, 0.6) is 5.75 Å². The molecule has 10 atom stereocenters. The Morgan fingerprint density at radius 1 is 1.03 bits per heavy atom. The number of anilines is 1. The van der Waals surface area contributed by atoms with Gasteiger partial charge < -0.3 is 34.0 Å². The number of benzene rings is 1. The van der Waals surface area contributed by atoms with Crippen LogP contribution in [0.25, 0.3) is 0 Å². The highest BCUT2D eigenvalue weighted by Gasteiger charge is 2.48. The van der Waals surface area contributed by atoms with Gasteiger partial charge in [-0.25, -0.2) is 9.79 Å². The maximum atomic E-state index is 12.6. The molecule has 7 rings (SSSR count). The average Bonchev–Trinajstić information content (AvgIpc) is 3.65. The summed E-state index contributed by atoms with van der Waals surface area (Å²) in [7, 11) is 4.93. The van der Waals surface area contributed by atoms with Crippen LogP contribution in [-0.4, -0.2) is 146 Å². The molecule has 14 heteroatoms. The van der Waals surface area contributed by atoms with E-state index in [1.807, 2.05) is 36.9 Å². The maximum absolute atomic E-state index is 12.6. The molecule has 14 nitrogen and oxygen atoms in total. The summed E-state index contributed by atoms with van der Waals surface area (Å²) in [5.74, 6) is 1.47. The summed E-state index contributed by atoms with van der Waals surface area (Å²) in [5.41, 5.74) is 2.40. The number of likely N-dealkylation sites (N-methyl/N-ethyl adjacent to an activating group) is 2. The van der Waals surface area contributed by atoms with Gasteiger partial charge in [-0.3, -0.25) is 24.2 Å². The lowest BCUT2D eigenvalue weighted by atomic mass is 9.65. The number of aliphatic hydroxyl groups is 1. The zero-order valence-electron chi connectivity index (χ0n) is 35.4. The van der Waals surface area contributed by atoms with E-state index in [9.17, 15) is 24.3 Å². The van der Waals surface area contributed by atoms with Gasteiger partial charge in [-0.05, 0) is 61.1 Å². The fraction of sp³-hybridized carbons (Fsp3) is 0.659. The molecule has 0 spiro atoms. The van der Waals surface area contributed by atoms with Gasteiger partial charge >= 0.3 is 18.0 Å². The molecule has 4 aliphatic heterocycles. The Balaban J connectivity index is 0.000000196. The number of para-hydroxylation sites is 2. The minimum atomic E-state index is -0.597. The summed E-state index contributed by atoms with van der Waals surface area (Å²) in [5, 5.41) is 9.89. The molecule has 318 valence electrons. The van der Waals surface area contributed by atoms with Crippen molar-refractivity contribution in [2.24, 2.45) is 34.6 Å². The number of nitrogens with zero attached hydrogens (tertiary/aromatic N) is 6. The van der Waals surface area contributed by atoms with Crippen LogP contribution in [0.2, 0.25) is 0 Å². The fourth-order valence-electron chi connectivity index (χ4n) is 9.33. The number of fused-ring (bicyclic) bond motifs is 2. The van der Waals surface area contributed by atoms with E-state index in [4.69, 9.17) is 14.2 Å². The van der Waals surface area contributed by atoms with Gasteiger partial charge in [0.2, 0.25) is 0 Å². The van der Waals surface area contributed by atoms with Gasteiger partial charge in [-0.2, -0.15) is 0 Å². The zero-order valence-corrected chi connectivity index (χ0v) is 35.4. The van der Waals surface area contributed by atoms with E-state index in [2.05, 4.69) is 52.9 Å². The van der Waals surface area contributed by atoms with Crippen LogP contribution >= 0.6 is 0 Å². The molecule has 1 N–H and O–H groups in total. The predicted octanol–water partition coefficient (Wildman–Crippen LogP) is 4.58. The van der Waals surface area contributed by atoms with Crippen molar-refractivity contribution in [1.29, 1.82) is 0 Å². The van der Waals surface area contributed by atoms with E-state index in [1.54, 1.807) is 20.5 Å². The number of cyclic esters (lactones) is 1. The number of rotatable bonds is 11. The number of amides is 3. The van der Waals surface area contributed by atoms with Crippen molar-refractivity contribution in [1.82, 2.24) is 19.6 Å². The monoisotopic (exact) mass is 804 g/mol. The first-order chi connectivity index (χ1) is 27.8. The molecule has 2 unspecified atom stereocenters. The SMILES string of the molecule is CC[C@H](C)C(=O)O[C@H]1C[C@@H](C)C=C2C=C[C@H](C)[C@H](CC[C@@H]3C[C@@H](O)CC(=O)O3)[C@H]21.COc1ccccc1N1CCN(CCN2C=NC3C2C(=O)N(C)C(=O)N3C)CC1. The normalized spacial score (nSPS) is 31.5. The first-order valence-corrected chi connectivity index (χ1v) is 21.2. The number of imide groups is 1. The predicted molar refractivity (Wildman–Crippen MR) is 221 cm³/mol. The molecular formula is C44H64N6O8. The van der Waals surface area contributed by atoms with Crippen molar-refractivity contribution < 1.29 is 38.5 Å². The first-order valence-electron chi connectivity index (χ1n) is 21.2. The minimum Gasteiger partial charge on any atom is -0.495 e.